The number of nitrogens with one attached hydrogen (secondary N) is 1. The van der Waals surface area contributed by atoms with Crippen LogP contribution in [0.5, 0.6) is 0 Å². The molecule has 2 amide bonds. The number of hydrogen-bond donors (Lipinski definition) is 1. The van der Waals surface area contributed by atoms with Gasteiger partial charge in [-0.25, -0.2) is 9.18 Å². The Morgan fingerprint density at radius 1 is 1.16 bits per heavy atom. The van der Waals surface area contributed by atoms with E-state index in [2.05, 4.69) is 5.32 Å². The lowest BCUT2D eigenvalue weighted by atomic mass is 10.0. The van der Waals surface area contributed by atoms with Gasteiger partial charge in [0.25, 0.3) is 5.56 Å². The molecule has 0 aliphatic carbocycles. The van der Waals surface area contributed by atoms with Crippen molar-refractivity contribution in [2.24, 2.45) is 0 Å². The highest BCUT2D eigenvalue weighted by Crippen LogP contribution is 2.21. The molecule has 3 rings (SSSR count). The molecule has 0 saturated heterocycles. The Bertz CT molecular complexity index is 1180. The number of rotatable bonds is 5. The van der Waals surface area contributed by atoms with Crippen LogP contribution in [-0.2, 0) is 13.0 Å². The molecule has 0 atom stereocenters. The van der Waals surface area contributed by atoms with E-state index in [1.165, 1.54) is 36.3 Å². The van der Waals surface area contributed by atoms with Crippen molar-refractivity contribution in [2.75, 3.05) is 18.9 Å². The number of hydrogen-bond acceptors (Lipinski definition) is 2. The van der Waals surface area contributed by atoms with Crippen LogP contribution in [0.25, 0.3) is 10.8 Å². The molecule has 1 heterocycles. The number of amides is 2. The van der Waals surface area contributed by atoms with Crippen LogP contribution in [0.4, 0.5) is 28.0 Å². The highest BCUT2D eigenvalue weighted by Gasteiger charge is 2.29. The van der Waals surface area contributed by atoms with Crippen molar-refractivity contribution in [3.05, 3.63) is 75.4 Å². The van der Waals surface area contributed by atoms with Crippen LogP contribution in [0.15, 0.2) is 53.5 Å². The molecule has 31 heavy (non-hydrogen) atoms. The van der Waals surface area contributed by atoms with Crippen LogP contribution in [0, 0.1) is 5.82 Å². The number of carbonyl (C=O) groups excluding carboxylic acids is 1. The molecule has 5 nitrogen and oxygen atoms in total. The highest BCUT2D eigenvalue weighted by molar-refractivity contribution is 6.31. The summed E-state index contributed by atoms with van der Waals surface area (Å²) in [7, 11) is 1.51. The Morgan fingerprint density at radius 3 is 2.48 bits per heavy atom. The number of carbonyl (C=O) groups is 1. The van der Waals surface area contributed by atoms with Gasteiger partial charge in [0, 0.05) is 30.9 Å². The SMILES string of the molecule is CN(CCc1cn(CC(F)(F)F)c(=O)c2ccccc12)C(=O)Nc1ccc(F)c(Cl)c1. The van der Waals surface area contributed by atoms with Gasteiger partial charge in [0.15, 0.2) is 0 Å². The minimum atomic E-state index is -4.54. The fraction of sp³-hybridized carbons (Fsp3) is 0.238. The molecule has 0 aliphatic heterocycles. The topological polar surface area (TPSA) is 54.3 Å². The maximum atomic E-state index is 13.2. The number of anilines is 1. The second-order valence-corrected chi connectivity index (χ2v) is 7.39. The monoisotopic (exact) mass is 455 g/mol. The molecule has 10 heteroatoms. The van der Waals surface area contributed by atoms with Crippen molar-refractivity contribution in [3.8, 4) is 0 Å². The first-order valence-electron chi connectivity index (χ1n) is 9.20. The average Bonchev–Trinajstić information content (AvgIpc) is 2.70. The fourth-order valence-electron chi connectivity index (χ4n) is 3.11. The molecule has 0 spiro atoms. The van der Waals surface area contributed by atoms with Crippen LogP contribution in [0.3, 0.4) is 0 Å². The summed E-state index contributed by atoms with van der Waals surface area (Å²) in [5, 5.41) is 3.14. The molecule has 1 N–H and O–H groups in total. The lowest BCUT2D eigenvalue weighted by Crippen LogP contribution is -2.33. The second-order valence-electron chi connectivity index (χ2n) is 6.98. The van der Waals surface area contributed by atoms with Gasteiger partial charge in [-0.15, -0.1) is 0 Å². The Hall–Kier alpha value is -3.07. The molecular weight excluding hydrogens is 438 g/mol. The number of benzene rings is 2. The minimum absolute atomic E-state index is 0.140. The van der Waals surface area contributed by atoms with Crippen LogP contribution in [0.1, 0.15) is 5.56 Å². The fourth-order valence-corrected chi connectivity index (χ4v) is 3.29. The van der Waals surface area contributed by atoms with E-state index in [1.807, 2.05) is 0 Å². The average molecular weight is 456 g/mol. The highest BCUT2D eigenvalue weighted by atomic mass is 35.5. The Labute approximate surface area is 179 Å². The largest absolute Gasteiger partial charge is 0.406 e. The van der Waals surface area contributed by atoms with E-state index in [9.17, 15) is 27.2 Å². The van der Waals surface area contributed by atoms with Gasteiger partial charge < -0.3 is 14.8 Å². The van der Waals surface area contributed by atoms with Gasteiger partial charge in [-0.1, -0.05) is 29.8 Å². The Kier molecular flexibility index (Phi) is 6.54. The van der Waals surface area contributed by atoms with E-state index < -0.39 is 30.1 Å². The summed E-state index contributed by atoms with van der Waals surface area (Å²) in [6, 6.07) is 9.64. The van der Waals surface area contributed by atoms with Crippen molar-refractivity contribution >= 4 is 34.1 Å². The number of halogens is 5. The van der Waals surface area contributed by atoms with Gasteiger partial charge in [0.1, 0.15) is 12.4 Å². The molecule has 0 fully saturated rings. The smallest absolute Gasteiger partial charge is 0.327 e. The minimum Gasteiger partial charge on any atom is -0.327 e. The van der Waals surface area contributed by atoms with Crippen LogP contribution >= 0.6 is 11.6 Å². The van der Waals surface area contributed by atoms with Crippen LogP contribution in [0.2, 0.25) is 5.02 Å². The van der Waals surface area contributed by atoms with Crippen molar-refractivity contribution in [1.82, 2.24) is 9.47 Å². The van der Waals surface area contributed by atoms with Gasteiger partial charge in [0.05, 0.1) is 5.02 Å². The first-order valence-corrected chi connectivity index (χ1v) is 9.58. The van der Waals surface area contributed by atoms with E-state index in [-0.39, 0.29) is 23.4 Å². The zero-order chi connectivity index (χ0) is 22.8. The van der Waals surface area contributed by atoms with E-state index >= 15 is 0 Å². The number of pyridine rings is 1. The molecule has 164 valence electrons. The summed E-state index contributed by atoms with van der Waals surface area (Å²) in [5.74, 6) is -0.617. The van der Waals surface area contributed by atoms with Gasteiger partial charge in [-0.2, -0.15) is 13.2 Å². The van der Waals surface area contributed by atoms with E-state index in [0.717, 1.165) is 6.07 Å². The van der Waals surface area contributed by atoms with Gasteiger partial charge in [0.2, 0.25) is 0 Å². The Morgan fingerprint density at radius 2 is 1.84 bits per heavy atom. The summed E-state index contributed by atoms with van der Waals surface area (Å²) >= 11 is 5.70. The summed E-state index contributed by atoms with van der Waals surface area (Å²) in [5.41, 5.74) is 0.0762. The number of likely N-dealkylation sites (N-methyl/N-ethyl adjacent to an activating group) is 1. The summed E-state index contributed by atoms with van der Waals surface area (Å²) in [6.45, 7) is -1.24. The quantitative estimate of drug-likeness (QED) is 0.547. The summed E-state index contributed by atoms with van der Waals surface area (Å²) in [4.78, 5) is 26.1. The summed E-state index contributed by atoms with van der Waals surface area (Å²) in [6.07, 6.45) is -3.15. The van der Waals surface area contributed by atoms with E-state index in [1.54, 1.807) is 18.2 Å². The van der Waals surface area contributed by atoms with Gasteiger partial charge in [-0.05, 0) is 41.6 Å². The molecule has 0 unspecified atom stereocenters. The molecule has 2 aromatic carbocycles. The molecule has 0 bridgehead atoms. The van der Waals surface area contributed by atoms with E-state index in [0.29, 0.717) is 21.2 Å². The second kappa shape index (κ2) is 8.97. The third-order valence-corrected chi connectivity index (χ3v) is 4.95. The zero-order valence-corrected chi connectivity index (χ0v) is 17.1. The Balaban J connectivity index is 1.79. The zero-order valence-electron chi connectivity index (χ0n) is 16.3. The van der Waals surface area contributed by atoms with Crippen molar-refractivity contribution < 1.29 is 22.4 Å². The third kappa shape index (κ3) is 5.55. The molecule has 1 aromatic heterocycles. The van der Waals surface area contributed by atoms with Crippen molar-refractivity contribution in [2.45, 2.75) is 19.1 Å². The standard InChI is InChI=1S/C21H18ClF4N3O2/c1-28(20(31)27-14-6-7-18(23)17(22)10-14)9-8-13-11-29(12-21(24,25)26)19(30)16-5-3-2-4-15(13)16/h2-7,10-11H,8-9,12H2,1H3,(H,27,31). The maximum Gasteiger partial charge on any atom is 0.406 e. The predicted molar refractivity (Wildman–Crippen MR) is 111 cm³/mol. The predicted octanol–water partition coefficient (Wildman–Crippen LogP) is 5.06. The number of fused-ring (bicyclic) bond motifs is 1. The van der Waals surface area contributed by atoms with Crippen LogP contribution in [-0.4, -0.2) is 35.3 Å². The molecule has 0 radical (unpaired) electrons. The van der Waals surface area contributed by atoms with E-state index in [4.69, 9.17) is 11.6 Å². The molecule has 3 aromatic rings. The summed E-state index contributed by atoms with van der Waals surface area (Å²) < 4.78 is 52.5. The first-order chi connectivity index (χ1) is 14.5. The van der Waals surface area contributed by atoms with Gasteiger partial charge >= 0.3 is 12.2 Å². The van der Waals surface area contributed by atoms with Crippen molar-refractivity contribution in [1.29, 1.82) is 0 Å². The number of alkyl halides is 3. The lowest BCUT2D eigenvalue weighted by molar-refractivity contribution is -0.141. The molecule has 0 aliphatic rings. The third-order valence-electron chi connectivity index (χ3n) is 4.66. The van der Waals surface area contributed by atoms with Gasteiger partial charge in [-0.3, -0.25) is 4.79 Å². The van der Waals surface area contributed by atoms with Crippen LogP contribution < -0.4 is 10.9 Å². The normalized spacial score (nSPS) is 11.5. The maximum absolute atomic E-state index is 13.2. The molecular formula is C21H18ClF4N3O2. The lowest BCUT2D eigenvalue weighted by Gasteiger charge is -2.19. The number of nitrogens with zero attached hydrogens (tertiary/aromatic N) is 2. The molecule has 0 saturated carbocycles. The first kappa shape index (κ1) is 22.6. The van der Waals surface area contributed by atoms with Crippen molar-refractivity contribution in [3.63, 3.8) is 0 Å². The number of urea groups is 1. The number of aromatic nitrogens is 1.